The van der Waals surface area contributed by atoms with E-state index in [4.69, 9.17) is 5.11 Å². The Bertz CT molecular complexity index is 679. The van der Waals surface area contributed by atoms with Crippen molar-refractivity contribution in [3.05, 3.63) is 48.3 Å². The van der Waals surface area contributed by atoms with Gasteiger partial charge in [0.25, 0.3) is 0 Å². The normalized spacial score (nSPS) is 21.1. The third-order valence-electron chi connectivity index (χ3n) is 3.97. The molecule has 1 aliphatic carbocycles. The van der Waals surface area contributed by atoms with Crippen LogP contribution in [0.5, 0.6) is 0 Å². The first-order chi connectivity index (χ1) is 10.6. The minimum Gasteiger partial charge on any atom is -0.481 e. The van der Waals surface area contributed by atoms with Gasteiger partial charge in [0, 0.05) is 12.4 Å². The molecule has 1 aromatic carbocycles. The average molecular weight is 299 g/mol. The zero-order valence-corrected chi connectivity index (χ0v) is 12.1. The fourth-order valence-electron chi connectivity index (χ4n) is 2.50. The molecule has 6 nitrogen and oxygen atoms in total. The Balaban J connectivity index is 1.62. The molecule has 1 amide bonds. The van der Waals surface area contributed by atoms with Gasteiger partial charge in [-0.1, -0.05) is 12.1 Å². The summed E-state index contributed by atoms with van der Waals surface area (Å²) in [5.74, 6) is -1.98. The highest BCUT2D eigenvalue weighted by atomic mass is 16.4. The maximum atomic E-state index is 12.0. The lowest BCUT2D eigenvalue weighted by molar-refractivity contribution is -0.140. The molecule has 2 aromatic rings. The van der Waals surface area contributed by atoms with E-state index in [1.54, 1.807) is 10.9 Å². The molecule has 22 heavy (non-hydrogen) atoms. The molecule has 1 aliphatic rings. The molecule has 0 spiro atoms. The molecule has 6 heteroatoms. The predicted octanol–water partition coefficient (Wildman–Crippen LogP) is 1.77. The Labute approximate surface area is 127 Å². The van der Waals surface area contributed by atoms with Crippen LogP contribution in [-0.2, 0) is 9.59 Å². The number of hydrogen-bond acceptors (Lipinski definition) is 3. The molecule has 2 N–H and O–H groups in total. The van der Waals surface area contributed by atoms with E-state index in [2.05, 4.69) is 10.4 Å². The molecule has 3 rings (SSSR count). The Morgan fingerprint density at radius 2 is 2.05 bits per heavy atom. The number of aliphatic carboxylic acids is 1. The lowest BCUT2D eigenvalue weighted by atomic mass is 10.1. The zero-order chi connectivity index (χ0) is 15.7. The van der Waals surface area contributed by atoms with Crippen LogP contribution in [0.15, 0.2) is 42.7 Å². The van der Waals surface area contributed by atoms with Gasteiger partial charge in [-0.3, -0.25) is 9.59 Å². The van der Waals surface area contributed by atoms with Crippen molar-refractivity contribution in [2.75, 3.05) is 0 Å². The van der Waals surface area contributed by atoms with Crippen molar-refractivity contribution < 1.29 is 14.7 Å². The minimum atomic E-state index is -0.892. The summed E-state index contributed by atoms with van der Waals surface area (Å²) in [6.07, 6.45) is 4.01. The molecule has 0 aliphatic heterocycles. The zero-order valence-electron chi connectivity index (χ0n) is 12.1. The lowest BCUT2D eigenvalue weighted by Gasteiger charge is -2.15. The van der Waals surface area contributed by atoms with E-state index in [-0.39, 0.29) is 17.9 Å². The third kappa shape index (κ3) is 2.86. The van der Waals surface area contributed by atoms with Gasteiger partial charge in [0.05, 0.1) is 23.6 Å². The van der Waals surface area contributed by atoms with Gasteiger partial charge in [-0.25, -0.2) is 4.68 Å². The number of aromatic nitrogens is 2. The summed E-state index contributed by atoms with van der Waals surface area (Å²) in [4.78, 5) is 22.8. The number of rotatable bonds is 5. The van der Waals surface area contributed by atoms with Gasteiger partial charge in [0.15, 0.2) is 0 Å². The Morgan fingerprint density at radius 3 is 2.59 bits per heavy atom. The number of carboxylic acid groups (broad SMARTS) is 1. The summed E-state index contributed by atoms with van der Waals surface area (Å²) in [6, 6.07) is 9.43. The van der Waals surface area contributed by atoms with Crippen LogP contribution in [0.3, 0.4) is 0 Å². The first-order valence-corrected chi connectivity index (χ1v) is 7.19. The molecule has 0 unspecified atom stereocenters. The van der Waals surface area contributed by atoms with E-state index in [9.17, 15) is 9.59 Å². The summed E-state index contributed by atoms with van der Waals surface area (Å²) in [5.41, 5.74) is 1.91. The number of nitrogens with zero attached hydrogens (tertiary/aromatic N) is 2. The fourth-order valence-corrected chi connectivity index (χ4v) is 2.50. The highest BCUT2D eigenvalue weighted by molar-refractivity contribution is 5.89. The van der Waals surface area contributed by atoms with Crippen LogP contribution in [0.4, 0.5) is 0 Å². The number of hydrogen-bond donors (Lipinski definition) is 2. The van der Waals surface area contributed by atoms with E-state index in [0.717, 1.165) is 11.3 Å². The summed E-state index contributed by atoms with van der Waals surface area (Å²) in [5, 5.41) is 15.9. The van der Waals surface area contributed by atoms with Crippen molar-refractivity contribution >= 4 is 11.9 Å². The number of benzene rings is 1. The maximum absolute atomic E-state index is 12.0. The van der Waals surface area contributed by atoms with Gasteiger partial charge in [0.2, 0.25) is 5.91 Å². The Hall–Kier alpha value is -2.63. The van der Waals surface area contributed by atoms with Gasteiger partial charge in [0.1, 0.15) is 0 Å². The molecule has 114 valence electrons. The van der Waals surface area contributed by atoms with Crippen molar-refractivity contribution in [2.45, 2.75) is 19.4 Å². The third-order valence-corrected chi connectivity index (χ3v) is 3.97. The van der Waals surface area contributed by atoms with Crippen molar-refractivity contribution in [1.29, 1.82) is 0 Å². The average Bonchev–Trinajstić information content (AvgIpc) is 3.14. The van der Waals surface area contributed by atoms with Crippen LogP contribution >= 0.6 is 0 Å². The molecule has 0 saturated heterocycles. The topological polar surface area (TPSA) is 84.2 Å². The number of carbonyl (C=O) groups is 2. The Morgan fingerprint density at radius 1 is 1.32 bits per heavy atom. The maximum Gasteiger partial charge on any atom is 0.307 e. The van der Waals surface area contributed by atoms with Crippen LogP contribution in [0, 0.1) is 11.8 Å². The van der Waals surface area contributed by atoms with Crippen molar-refractivity contribution in [3.8, 4) is 5.69 Å². The summed E-state index contributed by atoms with van der Waals surface area (Å²) in [6.45, 7) is 1.89. The SMILES string of the molecule is C[C@H](NC(=O)[C@@H]1C[C@H]1C(=O)O)c1ccc(-n2cccn2)cc1. The molecule has 0 bridgehead atoms. The number of nitrogens with one attached hydrogen (secondary N) is 1. The highest BCUT2D eigenvalue weighted by Gasteiger charge is 2.48. The standard InChI is InChI=1S/C16H17N3O3/c1-10(18-15(20)13-9-14(13)16(21)22)11-3-5-12(6-4-11)19-8-2-7-17-19/h2-8,10,13-14H,9H2,1H3,(H,18,20)(H,21,22)/t10-,13+,14+/m0/s1. The highest BCUT2D eigenvalue weighted by Crippen LogP contribution is 2.39. The van der Waals surface area contributed by atoms with E-state index in [1.165, 1.54) is 0 Å². The van der Waals surface area contributed by atoms with E-state index in [1.807, 2.05) is 43.5 Å². The fraction of sp³-hybridized carbons (Fsp3) is 0.312. The minimum absolute atomic E-state index is 0.158. The summed E-state index contributed by atoms with van der Waals surface area (Å²) < 4.78 is 1.76. The van der Waals surface area contributed by atoms with Crippen molar-refractivity contribution in [3.63, 3.8) is 0 Å². The Kier molecular flexibility index (Phi) is 3.66. The van der Waals surface area contributed by atoms with Crippen molar-refractivity contribution in [1.82, 2.24) is 15.1 Å². The van der Waals surface area contributed by atoms with Crippen LogP contribution in [0.1, 0.15) is 24.9 Å². The first kappa shape index (κ1) is 14.3. The summed E-state index contributed by atoms with van der Waals surface area (Å²) in [7, 11) is 0. The molecule has 1 saturated carbocycles. The quantitative estimate of drug-likeness (QED) is 0.881. The van der Waals surface area contributed by atoms with Crippen molar-refractivity contribution in [2.24, 2.45) is 11.8 Å². The smallest absolute Gasteiger partial charge is 0.307 e. The van der Waals surface area contributed by atoms with Crippen LogP contribution in [-0.4, -0.2) is 26.8 Å². The molecule has 0 radical (unpaired) electrons. The molecular formula is C16H17N3O3. The van der Waals surface area contributed by atoms with E-state index < -0.39 is 11.9 Å². The van der Waals surface area contributed by atoms with Gasteiger partial charge < -0.3 is 10.4 Å². The number of carbonyl (C=O) groups excluding carboxylic acids is 1. The van der Waals surface area contributed by atoms with Crippen LogP contribution in [0.2, 0.25) is 0 Å². The van der Waals surface area contributed by atoms with Gasteiger partial charge >= 0.3 is 5.97 Å². The number of amides is 1. The molecule has 3 atom stereocenters. The van der Waals surface area contributed by atoms with Gasteiger partial charge in [-0.05, 0) is 37.1 Å². The van der Waals surface area contributed by atoms with Crippen LogP contribution < -0.4 is 5.32 Å². The summed E-state index contributed by atoms with van der Waals surface area (Å²) >= 11 is 0. The molecule has 1 aromatic heterocycles. The monoisotopic (exact) mass is 299 g/mol. The predicted molar refractivity (Wildman–Crippen MR) is 79.4 cm³/mol. The largest absolute Gasteiger partial charge is 0.481 e. The second-order valence-corrected chi connectivity index (χ2v) is 5.56. The second-order valence-electron chi connectivity index (χ2n) is 5.56. The number of carboxylic acids is 1. The van der Waals surface area contributed by atoms with E-state index in [0.29, 0.717) is 6.42 Å². The van der Waals surface area contributed by atoms with Crippen LogP contribution in [0.25, 0.3) is 5.69 Å². The first-order valence-electron chi connectivity index (χ1n) is 7.19. The van der Waals surface area contributed by atoms with Gasteiger partial charge in [-0.15, -0.1) is 0 Å². The molecule has 1 heterocycles. The second kappa shape index (κ2) is 5.63. The molecular weight excluding hydrogens is 282 g/mol. The van der Waals surface area contributed by atoms with Gasteiger partial charge in [-0.2, -0.15) is 5.10 Å². The molecule has 1 fully saturated rings. The lowest BCUT2D eigenvalue weighted by Crippen LogP contribution is -2.29. The van der Waals surface area contributed by atoms with E-state index >= 15 is 0 Å².